The van der Waals surface area contributed by atoms with Crippen LogP contribution in [0.5, 0.6) is 0 Å². The van der Waals surface area contributed by atoms with Gasteiger partial charge in [-0.15, -0.1) is 0 Å². The van der Waals surface area contributed by atoms with E-state index in [0.29, 0.717) is 5.56 Å². The maximum atomic E-state index is 13.3. The number of hydrogen-bond donors (Lipinski definition) is 2. The highest BCUT2D eigenvalue weighted by Gasteiger charge is 2.56. The van der Waals surface area contributed by atoms with Gasteiger partial charge in [-0.3, -0.25) is 0 Å². The van der Waals surface area contributed by atoms with E-state index in [2.05, 4.69) is 10.3 Å². The summed E-state index contributed by atoms with van der Waals surface area (Å²) in [7, 11) is 1.39. The van der Waals surface area contributed by atoms with Crippen LogP contribution in [0.1, 0.15) is 17.8 Å². The van der Waals surface area contributed by atoms with E-state index in [0.717, 1.165) is 4.57 Å². The van der Waals surface area contributed by atoms with Crippen LogP contribution in [0.4, 0.5) is 17.6 Å². The van der Waals surface area contributed by atoms with Crippen LogP contribution < -0.4 is 5.32 Å². The summed E-state index contributed by atoms with van der Waals surface area (Å²) in [6.45, 7) is 0.0889. The van der Waals surface area contributed by atoms with E-state index < -0.39 is 29.8 Å². The summed E-state index contributed by atoms with van der Waals surface area (Å²) < 4.78 is 54.0. The van der Waals surface area contributed by atoms with Crippen molar-refractivity contribution in [2.45, 2.75) is 24.7 Å². The Hall–Kier alpha value is -1.93. The van der Waals surface area contributed by atoms with E-state index in [4.69, 9.17) is 0 Å². The minimum absolute atomic E-state index is 0.112. The van der Waals surface area contributed by atoms with E-state index in [-0.39, 0.29) is 13.1 Å². The first-order chi connectivity index (χ1) is 10.7. The van der Waals surface area contributed by atoms with Crippen molar-refractivity contribution in [3.05, 3.63) is 53.9 Å². The molecule has 0 aliphatic heterocycles. The first kappa shape index (κ1) is 17.4. The van der Waals surface area contributed by atoms with Gasteiger partial charge >= 0.3 is 6.18 Å². The molecule has 0 saturated carbocycles. The average molecular weight is 331 g/mol. The van der Waals surface area contributed by atoms with Crippen molar-refractivity contribution in [2.24, 2.45) is 7.05 Å². The second-order valence-corrected chi connectivity index (χ2v) is 5.28. The third-order valence-corrected chi connectivity index (χ3v) is 3.54. The number of alkyl halides is 3. The molecule has 0 aliphatic carbocycles. The Morgan fingerprint density at radius 2 is 2.04 bits per heavy atom. The summed E-state index contributed by atoms with van der Waals surface area (Å²) in [4.78, 5) is 3.62. The smallest absolute Gasteiger partial charge is 0.374 e. The highest BCUT2D eigenvalue weighted by molar-refractivity contribution is 5.16. The zero-order valence-corrected chi connectivity index (χ0v) is 12.4. The van der Waals surface area contributed by atoms with Gasteiger partial charge in [-0.2, -0.15) is 13.2 Å². The normalized spacial score (nSPS) is 14.7. The summed E-state index contributed by atoms with van der Waals surface area (Å²) >= 11 is 0. The Morgan fingerprint density at radius 3 is 2.61 bits per heavy atom. The van der Waals surface area contributed by atoms with Crippen molar-refractivity contribution in [3.8, 4) is 0 Å². The Kier molecular flexibility index (Phi) is 5.06. The summed E-state index contributed by atoms with van der Waals surface area (Å²) in [5, 5.41) is 12.9. The average Bonchev–Trinajstić information content (AvgIpc) is 2.89. The van der Waals surface area contributed by atoms with Gasteiger partial charge < -0.3 is 15.0 Å². The lowest BCUT2D eigenvalue weighted by atomic mass is 9.97. The molecular weight excluding hydrogens is 314 g/mol. The molecule has 0 fully saturated rings. The van der Waals surface area contributed by atoms with Crippen LogP contribution in [0.3, 0.4) is 0 Å². The van der Waals surface area contributed by atoms with Crippen molar-refractivity contribution < 1.29 is 22.7 Å². The van der Waals surface area contributed by atoms with Gasteiger partial charge in [0.1, 0.15) is 11.6 Å². The van der Waals surface area contributed by atoms with Crippen LogP contribution in [0.2, 0.25) is 0 Å². The monoisotopic (exact) mass is 331 g/mol. The SMILES string of the molecule is Cn1ccnc1[C@@](O)(CCNCc1cccc(F)c1)C(F)(F)F. The fraction of sp³-hybridized carbons (Fsp3) is 0.400. The molecule has 2 aromatic rings. The summed E-state index contributed by atoms with van der Waals surface area (Å²) in [5.41, 5.74) is -2.43. The predicted octanol–water partition coefficient (Wildman–Crippen LogP) is 2.49. The quantitative estimate of drug-likeness (QED) is 0.632. The minimum atomic E-state index is -4.85. The highest BCUT2D eigenvalue weighted by Crippen LogP contribution is 2.40. The van der Waals surface area contributed by atoms with Gasteiger partial charge in [0.05, 0.1) is 0 Å². The molecule has 8 heteroatoms. The van der Waals surface area contributed by atoms with E-state index in [9.17, 15) is 22.7 Å². The van der Waals surface area contributed by atoms with Crippen molar-refractivity contribution in [2.75, 3.05) is 6.54 Å². The van der Waals surface area contributed by atoms with E-state index in [1.54, 1.807) is 6.07 Å². The summed E-state index contributed by atoms with van der Waals surface area (Å²) in [6.07, 6.45) is -2.91. The van der Waals surface area contributed by atoms with Gasteiger partial charge in [-0.25, -0.2) is 9.37 Å². The van der Waals surface area contributed by atoms with E-state index >= 15 is 0 Å². The second-order valence-electron chi connectivity index (χ2n) is 5.28. The molecule has 1 aromatic heterocycles. The molecule has 1 heterocycles. The Morgan fingerprint density at radius 1 is 1.30 bits per heavy atom. The fourth-order valence-electron chi connectivity index (χ4n) is 2.29. The minimum Gasteiger partial charge on any atom is -0.374 e. The number of nitrogens with zero attached hydrogens (tertiary/aromatic N) is 2. The fourth-order valence-corrected chi connectivity index (χ4v) is 2.29. The van der Waals surface area contributed by atoms with Gasteiger partial charge in [0.25, 0.3) is 0 Å². The largest absolute Gasteiger partial charge is 0.424 e. The molecule has 2 rings (SSSR count). The summed E-state index contributed by atoms with van der Waals surface area (Å²) in [6, 6.07) is 5.76. The second kappa shape index (κ2) is 6.67. The van der Waals surface area contributed by atoms with E-state index in [1.165, 1.54) is 37.6 Å². The van der Waals surface area contributed by atoms with Crippen LogP contribution in [-0.2, 0) is 19.2 Å². The molecule has 1 aromatic carbocycles. The third-order valence-electron chi connectivity index (χ3n) is 3.54. The van der Waals surface area contributed by atoms with E-state index in [1.807, 2.05) is 0 Å². The zero-order chi connectivity index (χ0) is 17.1. The lowest BCUT2D eigenvalue weighted by Gasteiger charge is -2.30. The van der Waals surface area contributed by atoms with Gasteiger partial charge in [-0.05, 0) is 24.2 Å². The standard InChI is InChI=1S/C15H17F4N3O/c1-22-8-7-21-13(22)14(23,15(17,18)19)5-6-20-10-11-3-2-4-12(16)9-11/h2-4,7-9,20,23H,5-6,10H2,1H3/t14-/m0/s1. The molecule has 0 spiro atoms. The van der Waals surface area contributed by atoms with Crippen molar-refractivity contribution in [1.29, 1.82) is 0 Å². The number of aryl methyl sites for hydroxylation is 1. The number of halogens is 4. The number of nitrogens with one attached hydrogen (secondary N) is 1. The molecule has 2 N–H and O–H groups in total. The van der Waals surface area contributed by atoms with Crippen LogP contribution in [0, 0.1) is 5.82 Å². The van der Waals surface area contributed by atoms with Gasteiger partial charge in [0, 0.05) is 32.4 Å². The Labute approximate surface area is 130 Å². The number of hydrogen-bond acceptors (Lipinski definition) is 3. The Balaban J connectivity index is 2.01. The highest BCUT2D eigenvalue weighted by atomic mass is 19.4. The molecule has 1 atom stereocenters. The molecule has 0 bridgehead atoms. The van der Waals surface area contributed by atoms with Crippen LogP contribution in [0.15, 0.2) is 36.7 Å². The molecule has 23 heavy (non-hydrogen) atoms. The van der Waals surface area contributed by atoms with Gasteiger partial charge in [-0.1, -0.05) is 12.1 Å². The molecule has 4 nitrogen and oxygen atoms in total. The molecule has 0 saturated heterocycles. The van der Waals surface area contributed by atoms with Crippen LogP contribution in [-0.4, -0.2) is 27.4 Å². The first-order valence-corrected chi connectivity index (χ1v) is 6.96. The lowest BCUT2D eigenvalue weighted by Crippen LogP contribution is -2.46. The van der Waals surface area contributed by atoms with Crippen molar-refractivity contribution in [3.63, 3.8) is 0 Å². The number of benzene rings is 1. The predicted molar refractivity (Wildman–Crippen MR) is 75.9 cm³/mol. The number of imidazole rings is 1. The van der Waals surface area contributed by atoms with Crippen molar-refractivity contribution >= 4 is 0 Å². The Bertz CT molecular complexity index is 656. The molecule has 0 aliphatic rings. The van der Waals surface area contributed by atoms with Gasteiger partial charge in [0.2, 0.25) is 5.60 Å². The molecule has 0 unspecified atom stereocenters. The molecule has 0 amide bonds. The number of rotatable bonds is 6. The third kappa shape index (κ3) is 3.89. The van der Waals surface area contributed by atoms with Gasteiger partial charge in [0.15, 0.2) is 0 Å². The molecule has 0 radical (unpaired) electrons. The zero-order valence-electron chi connectivity index (χ0n) is 12.4. The molecule has 126 valence electrons. The summed E-state index contributed by atoms with van der Waals surface area (Å²) in [5.74, 6) is -0.873. The number of aliphatic hydroxyl groups is 1. The first-order valence-electron chi connectivity index (χ1n) is 6.96. The topological polar surface area (TPSA) is 50.1 Å². The van der Waals surface area contributed by atoms with Crippen LogP contribution in [0.25, 0.3) is 0 Å². The lowest BCUT2D eigenvalue weighted by molar-refractivity contribution is -0.272. The molecular formula is C15H17F4N3O. The van der Waals surface area contributed by atoms with Crippen molar-refractivity contribution in [1.82, 2.24) is 14.9 Å². The van der Waals surface area contributed by atoms with Crippen LogP contribution >= 0.6 is 0 Å². The number of aromatic nitrogens is 2. The maximum absolute atomic E-state index is 13.3. The maximum Gasteiger partial charge on any atom is 0.424 e.